The van der Waals surface area contributed by atoms with Crippen LogP contribution in [0, 0.1) is 0 Å². The molecule has 11 N–H and O–H groups in total. The molecule has 5 aliphatic rings. The van der Waals surface area contributed by atoms with Crippen molar-refractivity contribution >= 4 is 47.5 Å². The number of nitrogens with zero attached hydrogens (tertiary/aromatic N) is 3. The molecule has 0 bridgehead atoms. The quantitative estimate of drug-likeness (QED) is 0.0387. The van der Waals surface area contributed by atoms with E-state index in [2.05, 4.69) is 36.8 Å². The molecule has 4 amide bonds. The number of aliphatic imine (C=N–C) groups is 2. The van der Waals surface area contributed by atoms with E-state index in [0.29, 0.717) is 11.7 Å². The van der Waals surface area contributed by atoms with E-state index < -0.39 is 35.4 Å². The van der Waals surface area contributed by atoms with Crippen molar-refractivity contribution in [1.29, 1.82) is 0 Å². The zero-order valence-corrected chi connectivity index (χ0v) is 23.1. The van der Waals surface area contributed by atoms with Gasteiger partial charge in [-0.25, -0.2) is 14.8 Å². The smallest absolute Gasteiger partial charge is 0.315 e. The summed E-state index contributed by atoms with van der Waals surface area (Å²) in [4.78, 5) is 58.0. The first-order chi connectivity index (χ1) is 19.5. The molecule has 3 fully saturated rings. The first-order valence-electron chi connectivity index (χ1n) is 13.6. The summed E-state index contributed by atoms with van der Waals surface area (Å²) in [5.41, 5.74) is 15.0. The summed E-state index contributed by atoms with van der Waals surface area (Å²) in [6.07, 6.45) is 2.06. The third-order valence-electron chi connectivity index (χ3n) is 8.08. The maximum atomic E-state index is 12.3. The van der Waals surface area contributed by atoms with Gasteiger partial charge in [-0.15, -0.1) is 0 Å². The fourth-order valence-electron chi connectivity index (χ4n) is 6.06. The van der Waals surface area contributed by atoms with Gasteiger partial charge in [-0.3, -0.25) is 25.2 Å². The molecular formula is C23H36N10O7S. The number of carbonyl (C=O) groups is 4. The van der Waals surface area contributed by atoms with Crippen LogP contribution < -0.4 is 38.3 Å². The zero-order chi connectivity index (χ0) is 29.4. The van der Waals surface area contributed by atoms with Crippen LogP contribution in [0.3, 0.4) is 0 Å². The van der Waals surface area contributed by atoms with Crippen molar-refractivity contribution in [3.8, 4) is 0 Å². The minimum atomic E-state index is -2.21. The Labute approximate surface area is 239 Å². The number of rotatable bonds is 10. The minimum Gasteiger partial charge on any atom is -0.463 e. The fraction of sp³-hybridized carbons (Fsp3) is 0.739. The lowest BCUT2D eigenvalue weighted by atomic mass is 9.87. The molecule has 6 unspecified atom stereocenters. The second kappa shape index (κ2) is 11.4. The standard InChI is InChI=1S/C23H36N10O7S/c24-19-29-18-11(26-20(25)33-8-7-22(38,39)23(18,33)30-19)9-40-16(36)6-5-15(35)32-31-14(34)4-2-1-3-13-17-12(10-41-13)27-21(37)28-17/h11-13,17-18,38-39H,1-10H2,(H2,25,26)(H,31,34)(H,32,35)(H3,24,29,30)(H2,27,28,37). The maximum absolute atomic E-state index is 12.3. The first-order valence-corrected chi connectivity index (χ1v) is 14.6. The number of urea groups is 1. The largest absolute Gasteiger partial charge is 0.463 e. The molecule has 0 saturated carbocycles. The molecule has 18 heteroatoms. The first kappa shape index (κ1) is 29.0. The molecule has 0 aromatic carbocycles. The van der Waals surface area contributed by atoms with E-state index in [1.54, 1.807) is 0 Å². The van der Waals surface area contributed by atoms with Crippen LogP contribution in [-0.2, 0) is 19.1 Å². The van der Waals surface area contributed by atoms with Gasteiger partial charge in [0.15, 0.2) is 17.6 Å². The van der Waals surface area contributed by atoms with Gasteiger partial charge in [-0.1, -0.05) is 6.42 Å². The van der Waals surface area contributed by atoms with Gasteiger partial charge < -0.3 is 47.3 Å². The summed E-state index contributed by atoms with van der Waals surface area (Å²) >= 11 is 1.82. The van der Waals surface area contributed by atoms with Gasteiger partial charge in [0.2, 0.25) is 17.6 Å². The van der Waals surface area contributed by atoms with Crippen LogP contribution >= 0.6 is 11.8 Å². The van der Waals surface area contributed by atoms with Gasteiger partial charge in [-0.2, -0.15) is 11.8 Å². The van der Waals surface area contributed by atoms with E-state index in [4.69, 9.17) is 16.2 Å². The highest BCUT2D eigenvalue weighted by atomic mass is 32.2. The number of nitrogens with two attached hydrogens (primary N) is 2. The molecule has 5 heterocycles. The predicted molar refractivity (Wildman–Crippen MR) is 146 cm³/mol. The summed E-state index contributed by atoms with van der Waals surface area (Å²) in [5.74, 6) is -2.90. The number of nitrogens with one attached hydrogen (secondary N) is 5. The van der Waals surface area contributed by atoms with Crippen LogP contribution in [0.2, 0.25) is 0 Å². The lowest BCUT2D eigenvalue weighted by Gasteiger charge is -2.48. The van der Waals surface area contributed by atoms with Crippen molar-refractivity contribution in [3.05, 3.63) is 0 Å². The Kier molecular flexibility index (Phi) is 8.06. The highest BCUT2D eigenvalue weighted by Crippen LogP contribution is 2.44. The zero-order valence-electron chi connectivity index (χ0n) is 22.3. The van der Waals surface area contributed by atoms with Gasteiger partial charge in [0.1, 0.15) is 18.7 Å². The van der Waals surface area contributed by atoms with Gasteiger partial charge in [0, 0.05) is 36.8 Å². The number of hydrazine groups is 1. The predicted octanol–water partition coefficient (Wildman–Crippen LogP) is -3.75. The molecule has 41 heavy (non-hydrogen) atoms. The van der Waals surface area contributed by atoms with Crippen LogP contribution in [0.5, 0.6) is 0 Å². The van der Waals surface area contributed by atoms with Crippen LogP contribution in [0.1, 0.15) is 44.9 Å². The molecule has 0 aromatic heterocycles. The third kappa shape index (κ3) is 5.67. The maximum Gasteiger partial charge on any atom is 0.315 e. The number of amides is 4. The molecule has 6 atom stereocenters. The average Bonchev–Trinajstić information content (AvgIpc) is 3.64. The SMILES string of the molecule is NC1=NC2C(COC(=O)CCC(=O)NNC(=O)CCCCC3SCC4NC(=O)NC43)N=C(N)N3CCC(O)(O)C23N1. The molecule has 3 saturated heterocycles. The number of fused-ring (bicyclic) bond motifs is 1. The highest BCUT2D eigenvalue weighted by Gasteiger charge is 2.69. The number of esters is 1. The molecule has 0 radical (unpaired) electrons. The molecule has 226 valence electrons. The molecule has 5 rings (SSSR count). The van der Waals surface area contributed by atoms with Crippen molar-refractivity contribution in [2.45, 2.75) is 85.8 Å². The molecule has 5 aliphatic heterocycles. The Hall–Kier alpha value is -3.51. The van der Waals surface area contributed by atoms with Crippen molar-refractivity contribution in [1.82, 2.24) is 31.7 Å². The van der Waals surface area contributed by atoms with Crippen LogP contribution in [0.25, 0.3) is 0 Å². The Morgan fingerprint density at radius 3 is 2.63 bits per heavy atom. The molecule has 1 spiro atoms. The number of guanidine groups is 2. The second-order valence-electron chi connectivity index (χ2n) is 10.8. The van der Waals surface area contributed by atoms with Gasteiger partial charge in [0.25, 0.3) is 0 Å². The normalized spacial score (nSPS) is 32.4. The minimum absolute atomic E-state index is 0.0168. The summed E-state index contributed by atoms with van der Waals surface area (Å²) in [6.45, 7) is -0.0532. The van der Waals surface area contributed by atoms with E-state index in [9.17, 15) is 29.4 Å². The number of hydrogen-bond donors (Lipinski definition) is 9. The van der Waals surface area contributed by atoms with Crippen LogP contribution in [-0.4, -0.2) is 111 Å². The summed E-state index contributed by atoms with van der Waals surface area (Å²) < 4.78 is 5.28. The summed E-state index contributed by atoms with van der Waals surface area (Å²) in [7, 11) is 0. The topological polar surface area (TPSA) is 258 Å². The molecular weight excluding hydrogens is 560 g/mol. The van der Waals surface area contributed by atoms with E-state index in [0.717, 1.165) is 18.6 Å². The lowest BCUT2D eigenvalue weighted by Crippen LogP contribution is -2.76. The molecule has 17 nitrogen and oxygen atoms in total. The molecule has 0 aliphatic carbocycles. The summed E-state index contributed by atoms with van der Waals surface area (Å²) in [6, 6.07) is -1.55. The Morgan fingerprint density at radius 1 is 1.10 bits per heavy atom. The number of thioether (sulfide) groups is 1. The third-order valence-corrected chi connectivity index (χ3v) is 9.59. The van der Waals surface area contributed by atoms with E-state index in [1.165, 1.54) is 4.90 Å². The Bertz CT molecular complexity index is 1150. The molecule has 0 aromatic rings. The number of hydrogen-bond acceptors (Lipinski definition) is 14. The second-order valence-corrected chi connectivity index (χ2v) is 12.0. The Balaban J connectivity index is 0.978. The van der Waals surface area contributed by atoms with Gasteiger partial charge in [-0.05, 0) is 12.8 Å². The number of carbonyl (C=O) groups excluding carboxylic acids is 4. The fourth-order valence-corrected chi connectivity index (χ4v) is 7.61. The monoisotopic (exact) mass is 596 g/mol. The van der Waals surface area contributed by atoms with E-state index in [1.807, 2.05) is 11.8 Å². The highest BCUT2D eigenvalue weighted by molar-refractivity contribution is 8.00. The summed E-state index contributed by atoms with van der Waals surface area (Å²) in [5, 5.41) is 30.3. The number of ether oxygens (including phenoxy) is 1. The lowest BCUT2D eigenvalue weighted by molar-refractivity contribution is -0.221. The van der Waals surface area contributed by atoms with Crippen LogP contribution in [0.4, 0.5) is 4.79 Å². The number of aliphatic hydroxyl groups is 2. The number of unbranched alkanes of at least 4 members (excludes halogenated alkanes) is 1. The van der Waals surface area contributed by atoms with Gasteiger partial charge >= 0.3 is 12.0 Å². The van der Waals surface area contributed by atoms with E-state index in [-0.39, 0.29) is 74.8 Å². The van der Waals surface area contributed by atoms with Crippen molar-refractivity contribution in [2.75, 3.05) is 18.9 Å². The van der Waals surface area contributed by atoms with Crippen molar-refractivity contribution < 1.29 is 34.1 Å². The van der Waals surface area contributed by atoms with Crippen molar-refractivity contribution in [3.63, 3.8) is 0 Å². The van der Waals surface area contributed by atoms with Crippen LogP contribution in [0.15, 0.2) is 9.98 Å². The van der Waals surface area contributed by atoms with E-state index >= 15 is 0 Å². The average molecular weight is 597 g/mol. The Morgan fingerprint density at radius 2 is 1.85 bits per heavy atom. The van der Waals surface area contributed by atoms with Crippen molar-refractivity contribution in [2.24, 2.45) is 21.5 Å². The van der Waals surface area contributed by atoms with Gasteiger partial charge in [0.05, 0.1) is 18.5 Å².